The number of rotatable bonds is 7. The molecule has 0 fully saturated rings. The first-order valence-corrected chi connectivity index (χ1v) is 7.75. The van der Waals surface area contributed by atoms with Gasteiger partial charge in [0.05, 0.1) is 10.5 Å². The Bertz CT molecular complexity index is 628. The molecule has 0 heterocycles. The SMILES string of the molecule is CCOC(C)(C)CNS(=O)(=O)c1cccc(N)c1[N+](=O)[O-]. The van der Waals surface area contributed by atoms with Crippen molar-refractivity contribution in [2.75, 3.05) is 18.9 Å². The van der Waals surface area contributed by atoms with Crippen molar-refractivity contribution in [3.63, 3.8) is 0 Å². The predicted molar refractivity (Wildman–Crippen MR) is 78.4 cm³/mol. The molecular weight excluding hydrogens is 298 g/mol. The number of anilines is 1. The molecule has 118 valence electrons. The van der Waals surface area contributed by atoms with Crippen LogP contribution in [0, 0.1) is 10.1 Å². The van der Waals surface area contributed by atoms with E-state index in [1.807, 2.05) is 0 Å². The fourth-order valence-electron chi connectivity index (χ4n) is 1.74. The van der Waals surface area contributed by atoms with Crippen LogP contribution < -0.4 is 10.5 Å². The number of benzene rings is 1. The molecule has 0 aliphatic rings. The molecule has 1 aromatic carbocycles. The van der Waals surface area contributed by atoms with Crippen LogP contribution in [0.25, 0.3) is 0 Å². The molecule has 0 spiro atoms. The Labute approximate surface area is 123 Å². The van der Waals surface area contributed by atoms with Crippen molar-refractivity contribution in [2.24, 2.45) is 0 Å². The average molecular weight is 317 g/mol. The van der Waals surface area contributed by atoms with E-state index in [1.54, 1.807) is 20.8 Å². The summed E-state index contributed by atoms with van der Waals surface area (Å²) in [7, 11) is -4.06. The normalized spacial score (nSPS) is 12.3. The summed E-state index contributed by atoms with van der Waals surface area (Å²) in [4.78, 5) is 9.74. The highest BCUT2D eigenvalue weighted by molar-refractivity contribution is 7.89. The molecule has 0 atom stereocenters. The first-order valence-electron chi connectivity index (χ1n) is 6.27. The number of ether oxygens (including phenoxy) is 1. The van der Waals surface area contributed by atoms with Gasteiger partial charge in [-0.05, 0) is 32.9 Å². The molecule has 0 saturated heterocycles. The van der Waals surface area contributed by atoms with Crippen molar-refractivity contribution in [2.45, 2.75) is 31.3 Å². The number of para-hydroxylation sites is 1. The molecule has 0 saturated carbocycles. The third-order valence-electron chi connectivity index (χ3n) is 2.73. The van der Waals surface area contributed by atoms with Crippen LogP contribution >= 0.6 is 0 Å². The van der Waals surface area contributed by atoms with Crippen molar-refractivity contribution in [3.05, 3.63) is 28.3 Å². The van der Waals surface area contributed by atoms with E-state index in [1.165, 1.54) is 12.1 Å². The van der Waals surface area contributed by atoms with Gasteiger partial charge in [-0.2, -0.15) is 0 Å². The van der Waals surface area contributed by atoms with Gasteiger partial charge in [-0.3, -0.25) is 10.1 Å². The summed E-state index contributed by atoms with van der Waals surface area (Å²) in [5.74, 6) is 0. The van der Waals surface area contributed by atoms with E-state index in [0.29, 0.717) is 6.61 Å². The number of nitrogens with two attached hydrogens (primary N) is 1. The zero-order valence-electron chi connectivity index (χ0n) is 12.1. The number of nitro groups is 1. The lowest BCUT2D eigenvalue weighted by molar-refractivity contribution is -0.386. The fourth-order valence-corrected chi connectivity index (χ4v) is 3.14. The topological polar surface area (TPSA) is 125 Å². The Kier molecular flexibility index (Phi) is 5.26. The summed E-state index contributed by atoms with van der Waals surface area (Å²) in [5.41, 5.74) is 3.94. The molecule has 9 heteroatoms. The third kappa shape index (κ3) is 4.38. The molecule has 0 bridgehead atoms. The van der Waals surface area contributed by atoms with Crippen LogP contribution in [-0.2, 0) is 14.8 Å². The Morgan fingerprint density at radius 1 is 1.43 bits per heavy atom. The third-order valence-corrected chi connectivity index (χ3v) is 4.16. The second-order valence-electron chi connectivity index (χ2n) is 4.97. The zero-order chi connectivity index (χ0) is 16.3. The van der Waals surface area contributed by atoms with Gasteiger partial charge in [0, 0.05) is 13.2 Å². The molecule has 0 aliphatic carbocycles. The lowest BCUT2D eigenvalue weighted by atomic mass is 10.1. The fraction of sp³-hybridized carbons (Fsp3) is 0.500. The average Bonchev–Trinajstić information content (AvgIpc) is 2.36. The first kappa shape index (κ1) is 17.3. The molecular formula is C12H19N3O5S. The van der Waals surface area contributed by atoms with Gasteiger partial charge in [0.2, 0.25) is 10.0 Å². The maximum atomic E-state index is 12.2. The number of nitrogens with zero attached hydrogens (tertiary/aromatic N) is 1. The van der Waals surface area contributed by atoms with Crippen molar-refractivity contribution in [3.8, 4) is 0 Å². The maximum Gasteiger partial charge on any atom is 0.312 e. The summed E-state index contributed by atoms with van der Waals surface area (Å²) in [5, 5.41) is 11.0. The maximum absolute atomic E-state index is 12.2. The number of nitro benzene ring substituents is 1. The van der Waals surface area contributed by atoms with Crippen LogP contribution in [0.15, 0.2) is 23.1 Å². The Morgan fingerprint density at radius 2 is 2.05 bits per heavy atom. The number of nitrogen functional groups attached to an aromatic ring is 1. The summed E-state index contributed by atoms with van der Waals surface area (Å²) in [6.45, 7) is 5.63. The highest BCUT2D eigenvalue weighted by Crippen LogP contribution is 2.29. The lowest BCUT2D eigenvalue weighted by Gasteiger charge is -2.24. The minimum Gasteiger partial charge on any atom is -0.393 e. The van der Waals surface area contributed by atoms with E-state index in [0.717, 1.165) is 6.07 Å². The van der Waals surface area contributed by atoms with Gasteiger partial charge in [0.1, 0.15) is 5.69 Å². The van der Waals surface area contributed by atoms with Crippen LogP contribution in [0.4, 0.5) is 11.4 Å². The van der Waals surface area contributed by atoms with Crippen LogP contribution in [-0.4, -0.2) is 32.1 Å². The monoisotopic (exact) mass is 317 g/mol. The van der Waals surface area contributed by atoms with Crippen molar-refractivity contribution in [1.29, 1.82) is 0 Å². The second-order valence-corrected chi connectivity index (χ2v) is 6.70. The largest absolute Gasteiger partial charge is 0.393 e. The van der Waals surface area contributed by atoms with Gasteiger partial charge >= 0.3 is 5.69 Å². The van der Waals surface area contributed by atoms with E-state index in [2.05, 4.69) is 4.72 Å². The lowest BCUT2D eigenvalue weighted by Crippen LogP contribution is -2.40. The summed E-state index contributed by atoms with van der Waals surface area (Å²) >= 11 is 0. The molecule has 0 aliphatic heterocycles. The second kappa shape index (κ2) is 6.37. The van der Waals surface area contributed by atoms with E-state index in [4.69, 9.17) is 10.5 Å². The van der Waals surface area contributed by atoms with Crippen LogP contribution in [0.5, 0.6) is 0 Å². The standard InChI is InChI=1S/C12H19N3O5S/c1-4-20-12(2,3)8-14-21(18,19)10-7-5-6-9(13)11(10)15(16)17/h5-7,14H,4,8,13H2,1-3H3. The van der Waals surface area contributed by atoms with Gasteiger partial charge in [0.15, 0.2) is 4.90 Å². The first-order chi connectivity index (χ1) is 9.60. The molecule has 8 nitrogen and oxygen atoms in total. The van der Waals surface area contributed by atoms with Crippen LogP contribution in [0.2, 0.25) is 0 Å². The smallest absolute Gasteiger partial charge is 0.312 e. The number of hydrogen-bond donors (Lipinski definition) is 2. The number of sulfonamides is 1. The molecule has 1 aromatic rings. The Morgan fingerprint density at radius 3 is 2.57 bits per heavy atom. The van der Waals surface area contributed by atoms with Gasteiger partial charge in [-0.25, -0.2) is 13.1 Å². The van der Waals surface area contributed by atoms with E-state index < -0.39 is 31.1 Å². The minimum absolute atomic E-state index is 0.0187. The van der Waals surface area contributed by atoms with Crippen molar-refractivity contribution in [1.82, 2.24) is 4.72 Å². The van der Waals surface area contributed by atoms with Gasteiger partial charge in [0.25, 0.3) is 0 Å². The van der Waals surface area contributed by atoms with Crippen LogP contribution in [0.1, 0.15) is 20.8 Å². The van der Waals surface area contributed by atoms with Gasteiger partial charge < -0.3 is 10.5 Å². The van der Waals surface area contributed by atoms with E-state index in [-0.39, 0.29) is 12.2 Å². The highest BCUT2D eigenvalue weighted by Gasteiger charge is 2.30. The highest BCUT2D eigenvalue weighted by atomic mass is 32.2. The van der Waals surface area contributed by atoms with Gasteiger partial charge in [-0.1, -0.05) is 6.07 Å². The summed E-state index contributed by atoms with van der Waals surface area (Å²) in [6.07, 6.45) is 0. The molecule has 1 rings (SSSR count). The number of nitrogens with one attached hydrogen (secondary N) is 1. The Hall–Kier alpha value is -1.71. The molecule has 3 N–H and O–H groups in total. The van der Waals surface area contributed by atoms with Crippen molar-refractivity contribution >= 4 is 21.4 Å². The van der Waals surface area contributed by atoms with Crippen LogP contribution in [0.3, 0.4) is 0 Å². The quantitative estimate of drug-likeness (QED) is 0.443. The van der Waals surface area contributed by atoms with Crippen molar-refractivity contribution < 1.29 is 18.1 Å². The van der Waals surface area contributed by atoms with E-state index >= 15 is 0 Å². The molecule has 0 aromatic heterocycles. The predicted octanol–water partition coefficient (Wildman–Crippen LogP) is 1.27. The minimum atomic E-state index is -4.06. The Balaban J connectivity index is 3.10. The van der Waals surface area contributed by atoms with E-state index in [9.17, 15) is 18.5 Å². The summed E-state index contributed by atoms with van der Waals surface area (Å²) < 4.78 is 32.2. The molecule has 0 radical (unpaired) electrons. The molecule has 0 amide bonds. The van der Waals surface area contributed by atoms with Gasteiger partial charge in [-0.15, -0.1) is 0 Å². The summed E-state index contributed by atoms with van der Waals surface area (Å²) in [6, 6.07) is 3.77. The zero-order valence-corrected chi connectivity index (χ0v) is 12.9. The molecule has 21 heavy (non-hydrogen) atoms. The number of hydrogen-bond acceptors (Lipinski definition) is 6. The molecule has 0 unspecified atom stereocenters.